The third-order valence-corrected chi connectivity index (χ3v) is 2.98. The molecule has 2 aromatic carbocycles. The van der Waals surface area contributed by atoms with Crippen molar-refractivity contribution >= 4 is 38.5 Å². The second-order valence-electron chi connectivity index (χ2n) is 3.86. The van der Waals surface area contributed by atoms with Gasteiger partial charge in [-0.2, -0.15) is 0 Å². The fourth-order valence-corrected chi connectivity index (χ4v) is 2.01. The molecule has 2 rings (SSSR count). The molecular weight excluding hydrogens is 296 g/mol. The monoisotopic (exact) mass is 306 g/mol. The van der Waals surface area contributed by atoms with Gasteiger partial charge in [0.05, 0.1) is 6.54 Å². The van der Waals surface area contributed by atoms with Gasteiger partial charge in [-0.15, -0.1) is 0 Å². The van der Waals surface area contributed by atoms with E-state index in [9.17, 15) is 9.59 Å². The molecule has 0 saturated carbocycles. The predicted molar refractivity (Wildman–Crippen MR) is 73.2 cm³/mol. The summed E-state index contributed by atoms with van der Waals surface area (Å²) in [5.74, 6) is -0.869. The lowest BCUT2D eigenvalue weighted by molar-refractivity contribution is -0.117. The van der Waals surface area contributed by atoms with Crippen molar-refractivity contribution in [1.29, 1.82) is 0 Å². The maximum Gasteiger partial charge on any atom is 0.251 e. The molecule has 18 heavy (non-hydrogen) atoms. The Morgan fingerprint density at radius 1 is 1.11 bits per heavy atom. The number of benzene rings is 2. The fourth-order valence-electron chi connectivity index (χ4n) is 1.63. The van der Waals surface area contributed by atoms with E-state index in [1.807, 2.05) is 24.3 Å². The van der Waals surface area contributed by atoms with E-state index >= 15 is 0 Å². The minimum atomic E-state index is -0.562. The molecule has 0 aliphatic heterocycles. The van der Waals surface area contributed by atoms with Crippen molar-refractivity contribution in [2.75, 3.05) is 6.54 Å². The van der Waals surface area contributed by atoms with E-state index in [1.54, 1.807) is 12.1 Å². The Morgan fingerprint density at radius 3 is 2.50 bits per heavy atom. The van der Waals surface area contributed by atoms with Crippen LogP contribution in [0.15, 0.2) is 40.9 Å². The van der Waals surface area contributed by atoms with Crippen LogP contribution in [0.3, 0.4) is 0 Å². The Bertz CT molecular complexity index is 625. The Labute approximate surface area is 112 Å². The summed E-state index contributed by atoms with van der Waals surface area (Å²) in [6.45, 7) is -0.156. The maximum atomic E-state index is 11.7. The third kappa shape index (κ3) is 2.87. The summed E-state index contributed by atoms with van der Waals surface area (Å²) in [4.78, 5) is 22.3. The minimum absolute atomic E-state index is 0.156. The number of fused-ring (bicyclic) bond motifs is 1. The first-order valence-corrected chi connectivity index (χ1v) is 6.11. The van der Waals surface area contributed by atoms with Gasteiger partial charge in [-0.3, -0.25) is 9.59 Å². The lowest BCUT2D eigenvalue weighted by Gasteiger charge is -2.05. The van der Waals surface area contributed by atoms with Crippen LogP contribution in [0.4, 0.5) is 0 Å². The lowest BCUT2D eigenvalue weighted by Crippen LogP contribution is -2.33. The highest BCUT2D eigenvalue weighted by molar-refractivity contribution is 9.10. The largest absolute Gasteiger partial charge is 0.368 e. The van der Waals surface area contributed by atoms with Gasteiger partial charge in [-0.1, -0.05) is 28.1 Å². The molecule has 3 N–H and O–H groups in total. The first-order valence-electron chi connectivity index (χ1n) is 5.32. The van der Waals surface area contributed by atoms with E-state index in [0.29, 0.717) is 5.56 Å². The van der Waals surface area contributed by atoms with Gasteiger partial charge in [-0.05, 0) is 35.0 Å². The normalized spacial score (nSPS) is 10.3. The quantitative estimate of drug-likeness (QED) is 0.908. The highest BCUT2D eigenvalue weighted by Gasteiger charge is 2.07. The van der Waals surface area contributed by atoms with Crippen molar-refractivity contribution in [2.24, 2.45) is 5.73 Å². The average Bonchev–Trinajstić information content (AvgIpc) is 2.35. The van der Waals surface area contributed by atoms with Crippen LogP contribution in [0.2, 0.25) is 0 Å². The number of carbonyl (C=O) groups is 2. The molecule has 0 unspecified atom stereocenters. The molecule has 92 valence electrons. The number of halogens is 1. The zero-order chi connectivity index (χ0) is 13.1. The molecule has 0 bridgehead atoms. The van der Waals surface area contributed by atoms with Gasteiger partial charge in [0.2, 0.25) is 5.91 Å². The van der Waals surface area contributed by atoms with Crippen molar-refractivity contribution in [2.45, 2.75) is 0 Å². The van der Waals surface area contributed by atoms with Gasteiger partial charge in [0.25, 0.3) is 5.91 Å². The molecule has 0 saturated heterocycles. The third-order valence-electron chi connectivity index (χ3n) is 2.49. The summed E-state index contributed by atoms with van der Waals surface area (Å²) in [5, 5.41) is 4.45. The average molecular weight is 307 g/mol. The van der Waals surface area contributed by atoms with Gasteiger partial charge in [0.1, 0.15) is 0 Å². The second kappa shape index (κ2) is 5.18. The van der Waals surface area contributed by atoms with Crippen LogP contribution in [0.5, 0.6) is 0 Å². The molecule has 2 amide bonds. The van der Waals surface area contributed by atoms with Gasteiger partial charge < -0.3 is 11.1 Å². The van der Waals surface area contributed by atoms with E-state index in [0.717, 1.165) is 15.2 Å². The van der Waals surface area contributed by atoms with Crippen LogP contribution in [0.25, 0.3) is 10.8 Å². The van der Waals surface area contributed by atoms with Crippen LogP contribution in [0, 0.1) is 0 Å². The van der Waals surface area contributed by atoms with Gasteiger partial charge in [0.15, 0.2) is 0 Å². The van der Waals surface area contributed by atoms with E-state index in [1.165, 1.54) is 0 Å². The molecule has 5 heteroatoms. The summed E-state index contributed by atoms with van der Waals surface area (Å²) >= 11 is 3.39. The summed E-state index contributed by atoms with van der Waals surface area (Å²) in [5.41, 5.74) is 5.47. The molecule has 0 aromatic heterocycles. The first-order chi connectivity index (χ1) is 8.56. The number of carbonyl (C=O) groups excluding carboxylic acids is 2. The number of nitrogens with two attached hydrogens (primary N) is 1. The zero-order valence-corrected chi connectivity index (χ0v) is 11.0. The summed E-state index contributed by atoms with van der Waals surface area (Å²) in [6, 6.07) is 11.2. The van der Waals surface area contributed by atoms with E-state index < -0.39 is 5.91 Å². The maximum absolute atomic E-state index is 11.7. The summed E-state index contributed by atoms with van der Waals surface area (Å²) < 4.78 is 0.987. The second-order valence-corrected chi connectivity index (χ2v) is 4.77. The number of hydrogen-bond acceptors (Lipinski definition) is 2. The van der Waals surface area contributed by atoms with Crippen molar-refractivity contribution < 1.29 is 9.59 Å². The highest BCUT2D eigenvalue weighted by Crippen LogP contribution is 2.20. The Balaban J connectivity index is 2.27. The van der Waals surface area contributed by atoms with Crippen LogP contribution in [-0.4, -0.2) is 18.4 Å². The number of amides is 2. The van der Waals surface area contributed by atoms with Gasteiger partial charge in [0, 0.05) is 10.0 Å². The summed E-state index contributed by atoms with van der Waals surface area (Å²) in [7, 11) is 0. The number of hydrogen-bond donors (Lipinski definition) is 2. The highest BCUT2D eigenvalue weighted by atomic mass is 79.9. The van der Waals surface area contributed by atoms with Crippen LogP contribution in [0.1, 0.15) is 10.4 Å². The molecular formula is C13H11BrN2O2. The zero-order valence-electron chi connectivity index (χ0n) is 9.44. The molecule has 0 aliphatic carbocycles. The molecule has 2 aromatic rings. The predicted octanol–water partition coefficient (Wildman–Crippen LogP) is 1.82. The van der Waals surface area contributed by atoms with Crippen LogP contribution < -0.4 is 11.1 Å². The molecule has 0 aliphatic rings. The van der Waals surface area contributed by atoms with Crippen molar-refractivity contribution in [3.63, 3.8) is 0 Å². The molecule has 0 fully saturated rings. The first kappa shape index (κ1) is 12.6. The van der Waals surface area contributed by atoms with Crippen LogP contribution >= 0.6 is 15.9 Å². The van der Waals surface area contributed by atoms with E-state index in [2.05, 4.69) is 21.2 Å². The Kier molecular flexibility index (Phi) is 3.62. The lowest BCUT2D eigenvalue weighted by atomic mass is 10.1. The standard InChI is InChI=1S/C13H11BrN2O2/c14-11-4-3-8-5-10(2-1-9(8)6-11)13(18)16-7-12(15)17/h1-6H,7H2,(H2,15,17)(H,16,18). The number of nitrogens with one attached hydrogen (secondary N) is 1. The van der Waals surface area contributed by atoms with Crippen molar-refractivity contribution in [3.8, 4) is 0 Å². The smallest absolute Gasteiger partial charge is 0.251 e. The Morgan fingerprint density at radius 2 is 1.78 bits per heavy atom. The van der Waals surface area contributed by atoms with E-state index in [4.69, 9.17) is 5.73 Å². The topological polar surface area (TPSA) is 72.2 Å². The van der Waals surface area contributed by atoms with Crippen molar-refractivity contribution in [1.82, 2.24) is 5.32 Å². The van der Waals surface area contributed by atoms with Crippen LogP contribution in [-0.2, 0) is 4.79 Å². The molecule has 0 radical (unpaired) electrons. The molecule has 0 heterocycles. The molecule has 0 spiro atoms. The van der Waals surface area contributed by atoms with Crippen molar-refractivity contribution in [3.05, 3.63) is 46.4 Å². The summed E-state index contributed by atoms with van der Waals surface area (Å²) in [6.07, 6.45) is 0. The molecule has 0 atom stereocenters. The number of rotatable bonds is 3. The van der Waals surface area contributed by atoms with E-state index in [-0.39, 0.29) is 12.5 Å². The SMILES string of the molecule is NC(=O)CNC(=O)c1ccc2cc(Br)ccc2c1. The van der Waals surface area contributed by atoms with Gasteiger partial charge >= 0.3 is 0 Å². The minimum Gasteiger partial charge on any atom is -0.368 e. The molecule has 4 nitrogen and oxygen atoms in total. The Hall–Kier alpha value is -1.88. The number of primary amides is 1. The van der Waals surface area contributed by atoms with Gasteiger partial charge in [-0.25, -0.2) is 0 Å². The fraction of sp³-hybridized carbons (Fsp3) is 0.0769.